The quantitative estimate of drug-likeness (QED) is 0.0345. The van der Waals surface area contributed by atoms with Crippen LogP contribution in [-0.4, -0.2) is 37.2 Å². The highest BCUT2D eigenvalue weighted by Crippen LogP contribution is 2.16. The molecule has 0 aliphatic rings. The van der Waals surface area contributed by atoms with Gasteiger partial charge in [-0.05, 0) is 19.3 Å². The molecule has 0 atom stereocenters. The molecule has 0 unspecified atom stereocenters. The summed E-state index contributed by atoms with van der Waals surface area (Å²) in [5.41, 5.74) is 0. The molecule has 0 heterocycles. The number of hydrogen-bond acceptors (Lipinski definition) is 6. The van der Waals surface area contributed by atoms with E-state index in [2.05, 4.69) is 0 Å². The molecule has 0 aliphatic heterocycles. The second-order valence-electron chi connectivity index (χ2n) is 14.8. The summed E-state index contributed by atoms with van der Waals surface area (Å²) in [6, 6.07) is 0. The van der Waals surface area contributed by atoms with Gasteiger partial charge in [0.25, 0.3) is 0 Å². The van der Waals surface area contributed by atoms with E-state index in [1.807, 2.05) is 0 Å². The third kappa shape index (κ3) is 45.3. The molecule has 0 bridgehead atoms. The van der Waals surface area contributed by atoms with Gasteiger partial charge in [-0.3, -0.25) is 14.4 Å². The van der Waals surface area contributed by atoms with E-state index in [-0.39, 0.29) is 71.0 Å². The molecule has 0 aromatic carbocycles. The molecule has 0 amide bonds. The topological polar surface area (TPSA) is 78.9 Å². The van der Waals surface area contributed by atoms with Crippen LogP contribution >= 0.6 is 0 Å². The van der Waals surface area contributed by atoms with Crippen molar-refractivity contribution in [2.24, 2.45) is 0 Å². The second kappa shape index (κ2) is 47.1. The third-order valence-corrected chi connectivity index (χ3v) is 9.66. The first kappa shape index (κ1) is 24.8. The Kier molecular flexibility index (Phi) is 20.4. The molecule has 0 aliphatic carbocycles. The van der Waals surface area contributed by atoms with Crippen molar-refractivity contribution >= 4 is 17.9 Å². The average molecular weight is 835 g/mol. The second-order valence-corrected chi connectivity index (χ2v) is 14.8. The van der Waals surface area contributed by atoms with Crippen molar-refractivity contribution in [2.45, 2.75) is 296 Å². The smallest absolute Gasteiger partial charge is 0.306 e. The Morgan fingerprint density at radius 2 is 0.596 bits per heavy atom. The first-order valence-electron chi connectivity index (χ1n) is 35.7. The highest BCUT2D eigenvalue weighted by molar-refractivity contribution is 5.71. The van der Waals surface area contributed by atoms with E-state index in [0.29, 0.717) is 44.9 Å². The van der Waals surface area contributed by atoms with Crippen molar-refractivity contribution in [1.82, 2.24) is 0 Å². The summed E-state index contributed by atoms with van der Waals surface area (Å²) < 4.78 is 225. The fraction of sp³-hybridized carbons (Fsp3) is 0.941. The molecule has 6 heteroatoms. The Morgan fingerprint density at radius 1 is 0.351 bits per heavy atom. The lowest BCUT2D eigenvalue weighted by atomic mass is 10.0. The van der Waals surface area contributed by atoms with Crippen LogP contribution in [0.25, 0.3) is 0 Å². The minimum atomic E-state index is -3.37. The summed E-state index contributed by atoms with van der Waals surface area (Å²) in [5.74, 6) is -1.58. The van der Waals surface area contributed by atoms with Crippen LogP contribution in [0.1, 0.15) is 327 Å². The fourth-order valence-electron chi connectivity index (χ4n) is 6.36. The average Bonchev–Trinajstić information content (AvgIpc) is 2.18. The zero-order chi connectivity index (χ0) is 65.2. The molecule has 0 aromatic rings. The van der Waals surface area contributed by atoms with Crippen molar-refractivity contribution in [2.75, 3.05) is 13.2 Å². The Balaban J connectivity index is 4.91. The monoisotopic (exact) mass is 834 g/mol. The molecule has 0 spiro atoms. The van der Waals surface area contributed by atoms with Crippen LogP contribution in [0.4, 0.5) is 0 Å². The zero-order valence-electron chi connectivity index (χ0n) is 62.3. The van der Waals surface area contributed by atoms with E-state index < -0.39 is 102 Å². The van der Waals surface area contributed by atoms with Crippen LogP contribution in [0.5, 0.6) is 0 Å². The largest absolute Gasteiger partial charge is 0.462 e. The number of hydrogen-bond donors (Lipinski definition) is 0. The van der Waals surface area contributed by atoms with Crippen LogP contribution in [0.2, 0.25) is 0 Å². The molecule has 6 nitrogen and oxygen atoms in total. The van der Waals surface area contributed by atoms with Gasteiger partial charge in [0.1, 0.15) is 13.2 Å². The van der Waals surface area contributed by atoms with E-state index in [1.54, 1.807) is 0 Å². The van der Waals surface area contributed by atoms with Gasteiger partial charge in [-0.15, -0.1) is 0 Å². The predicted octanol–water partition coefficient (Wildman–Crippen LogP) is 16.4. The van der Waals surface area contributed by atoms with Crippen LogP contribution in [0, 0.1) is 0 Å². The van der Waals surface area contributed by atoms with Crippen molar-refractivity contribution < 1.29 is 65.6 Å². The molecule has 0 rings (SSSR count). The molecular weight excluding hydrogens is 709 g/mol. The molecule has 0 saturated carbocycles. The molecule has 0 saturated heterocycles. The van der Waals surface area contributed by atoms with Crippen LogP contribution in [0.15, 0.2) is 0 Å². The lowest BCUT2D eigenvalue weighted by Crippen LogP contribution is -2.30. The lowest BCUT2D eigenvalue weighted by Gasteiger charge is -2.18. The van der Waals surface area contributed by atoms with Gasteiger partial charge < -0.3 is 14.2 Å². The Hall–Kier alpha value is -1.59. The molecule has 0 N–H and O–H groups in total. The van der Waals surface area contributed by atoms with Gasteiger partial charge in [-0.25, -0.2) is 0 Å². The van der Waals surface area contributed by atoms with Gasteiger partial charge in [0.15, 0.2) is 6.10 Å². The number of esters is 3. The lowest BCUT2D eigenvalue weighted by molar-refractivity contribution is -0.167. The number of rotatable bonds is 47. The zero-order valence-corrected chi connectivity index (χ0v) is 35.3. The minimum Gasteiger partial charge on any atom is -0.462 e. The van der Waals surface area contributed by atoms with Crippen LogP contribution in [0.3, 0.4) is 0 Å². The normalized spacial score (nSPS) is 21.3. The first-order valence-corrected chi connectivity index (χ1v) is 22.2. The number of unbranched alkanes of at least 4 members (excludes halogenated alkanes) is 24. The molecule has 57 heavy (non-hydrogen) atoms. The van der Waals surface area contributed by atoms with Crippen LogP contribution < -0.4 is 0 Å². The van der Waals surface area contributed by atoms with E-state index in [9.17, 15) is 14.4 Å². The standard InChI is InChI=1S/C51H98O6/c1-4-7-10-13-16-19-22-25-28-31-34-37-40-43-49(52)55-46-48(57-51(54)45-42-39-36-33-30-27-24-21-18-15-12-9-6-3)47-56-50(53)44-41-38-35-32-29-26-23-20-17-14-11-8-5-2/h48H,4-47H2,1-3H3/i1D3,2D3,3D3,4D2,5D2,6D2,7D2,8D2,9D2,10D2,11D2,12D2. The van der Waals surface area contributed by atoms with Gasteiger partial charge in [-0.1, -0.05) is 251 Å². The SMILES string of the molecule is [2H]C([2H])([2H])C([2H])([2H])C([2H])([2H])C([2H])([2H])CCCCCCCCCCCC(=O)OCC(COC(=O)CCCCCCCCCCCC([2H])([2H])C([2H])([2H])C([2H])([2H])C([2H])([2H])[2H])OC(=O)CCCCCCCCCCCC([2H])([2H])C([2H])([2H])C([2H])([2H])C([2H])([2H])[2H]. The number of ether oxygens (including phenoxy) is 3. The first-order chi connectivity index (χ1) is 38.2. The van der Waals surface area contributed by atoms with Gasteiger partial charge in [0.05, 0.1) is 0 Å². The van der Waals surface area contributed by atoms with E-state index in [0.717, 1.165) is 109 Å². The molecular formula is C51H98O6. The van der Waals surface area contributed by atoms with Gasteiger partial charge in [0.2, 0.25) is 0 Å². The van der Waals surface area contributed by atoms with Crippen molar-refractivity contribution in [3.05, 3.63) is 0 Å². The molecule has 0 radical (unpaired) electrons. The van der Waals surface area contributed by atoms with Crippen molar-refractivity contribution in [3.8, 4) is 0 Å². The maximum atomic E-state index is 12.9. The summed E-state index contributed by atoms with van der Waals surface area (Å²) in [4.78, 5) is 38.3. The summed E-state index contributed by atoms with van der Waals surface area (Å²) in [5, 5.41) is 0. The predicted molar refractivity (Wildman–Crippen MR) is 243 cm³/mol. The van der Waals surface area contributed by atoms with Crippen LogP contribution in [-0.2, 0) is 28.6 Å². The van der Waals surface area contributed by atoms with Gasteiger partial charge >= 0.3 is 17.9 Å². The number of carbonyl (C=O) groups is 3. The Bertz CT molecular complexity index is 1780. The van der Waals surface area contributed by atoms with Gasteiger partial charge in [-0.2, -0.15) is 0 Å². The Morgan fingerprint density at radius 3 is 0.877 bits per heavy atom. The summed E-state index contributed by atoms with van der Waals surface area (Å²) in [7, 11) is 0. The maximum absolute atomic E-state index is 12.9. The molecule has 338 valence electrons. The summed E-state index contributed by atoms with van der Waals surface area (Å²) in [6.07, 6.45) is -11.0. The van der Waals surface area contributed by atoms with E-state index in [4.69, 9.17) is 51.2 Å². The number of carbonyl (C=O) groups excluding carboxylic acids is 3. The minimum absolute atomic E-state index is 0.0714. The Labute approximate surface area is 393 Å². The van der Waals surface area contributed by atoms with Crippen molar-refractivity contribution in [3.63, 3.8) is 0 Å². The maximum Gasteiger partial charge on any atom is 0.306 e. The third-order valence-electron chi connectivity index (χ3n) is 9.66. The summed E-state index contributed by atoms with van der Waals surface area (Å²) >= 11 is 0. The van der Waals surface area contributed by atoms with Gasteiger partial charge in [0, 0.05) is 56.3 Å². The van der Waals surface area contributed by atoms with E-state index >= 15 is 0 Å². The fourth-order valence-corrected chi connectivity index (χ4v) is 6.36. The highest BCUT2D eigenvalue weighted by Gasteiger charge is 2.19. The van der Waals surface area contributed by atoms with Crippen molar-refractivity contribution in [1.29, 1.82) is 0 Å². The molecule has 0 aromatic heterocycles. The molecule has 0 fully saturated rings. The van der Waals surface area contributed by atoms with E-state index in [1.165, 1.54) is 0 Å². The highest BCUT2D eigenvalue weighted by atomic mass is 16.6. The summed E-state index contributed by atoms with van der Waals surface area (Å²) in [6.45, 7) is -10.6.